The first kappa shape index (κ1) is 7.91. The summed E-state index contributed by atoms with van der Waals surface area (Å²) in [5, 5.41) is 0. The lowest BCUT2D eigenvalue weighted by atomic mass is 10.3. The number of carbonyl (C=O) groups excluding carboxylic acids is 1. The van der Waals surface area contributed by atoms with Gasteiger partial charge in [0.1, 0.15) is 5.76 Å². The minimum absolute atomic E-state index is 0.200. The zero-order valence-electron chi connectivity index (χ0n) is 7.68. The predicted molar refractivity (Wildman–Crippen MR) is 47.7 cm³/mol. The Bertz CT molecular complexity index is 342. The van der Waals surface area contributed by atoms with E-state index in [1.165, 1.54) is 0 Å². The van der Waals surface area contributed by atoms with Crippen molar-refractivity contribution < 1.29 is 13.9 Å². The summed E-state index contributed by atoms with van der Waals surface area (Å²) in [5.41, 5.74) is 0. The molecule has 0 N–H and O–H groups in total. The van der Waals surface area contributed by atoms with E-state index in [0.717, 1.165) is 18.6 Å². The van der Waals surface area contributed by atoms with Crippen LogP contribution >= 0.6 is 0 Å². The number of furan rings is 1. The van der Waals surface area contributed by atoms with Crippen LogP contribution in [0, 0.1) is 0 Å². The van der Waals surface area contributed by atoms with Crippen LogP contribution in [0.3, 0.4) is 0 Å². The topological polar surface area (TPSA) is 42.7 Å². The molecule has 1 aromatic rings. The zero-order valence-corrected chi connectivity index (χ0v) is 7.68. The molecular formula is C10H11NO3. The van der Waals surface area contributed by atoms with Gasteiger partial charge in [-0.3, -0.25) is 0 Å². The smallest absolute Gasteiger partial charge is 0.410 e. The molecule has 0 radical (unpaired) electrons. The lowest BCUT2D eigenvalue weighted by molar-refractivity contribution is 0.122. The van der Waals surface area contributed by atoms with E-state index in [2.05, 4.69) is 0 Å². The molecule has 4 heteroatoms. The molecule has 1 aliphatic heterocycles. The van der Waals surface area contributed by atoms with E-state index in [1.807, 2.05) is 12.1 Å². The predicted octanol–water partition coefficient (Wildman–Crippen LogP) is 1.94. The minimum atomic E-state index is -0.210. The summed E-state index contributed by atoms with van der Waals surface area (Å²) in [6.45, 7) is 0.636. The van der Waals surface area contributed by atoms with E-state index < -0.39 is 0 Å². The maximum absolute atomic E-state index is 11.4. The molecule has 1 saturated heterocycles. The van der Waals surface area contributed by atoms with E-state index in [1.54, 1.807) is 11.2 Å². The molecule has 1 saturated carbocycles. The Morgan fingerprint density at radius 2 is 2.29 bits per heavy atom. The van der Waals surface area contributed by atoms with E-state index in [0.29, 0.717) is 12.6 Å². The molecule has 0 bridgehead atoms. The number of hydrogen-bond donors (Lipinski definition) is 0. The molecular weight excluding hydrogens is 182 g/mol. The highest BCUT2D eigenvalue weighted by Crippen LogP contribution is 2.35. The lowest BCUT2D eigenvalue weighted by Gasteiger charge is -2.09. The summed E-state index contributed by atoms with van der Waals surface area (Å²) in [4.78, 5) is 13.2. The average molecular weight is 193 g/mol. The second-order valence-electron chi connectivity index (χ2n) is 3.77. The summed E-state index contributed by atoms with van der Waals surface area (Å²) in [6.07, 6.45) is 3.41. The molecule has 2 aliphatic rings. The third-order valence-corrected chi connectivity index (χ3v) is 2.69. The fourth-order valence-electron chi connectivity index (χ4n) is 1.79. The van der Waals surface area contributed by atoms with Crippen molar-refractivity contribution in [2.24, 2.45) is 0 Å². The van der Waals surface area contributed by atoms with Gasteiger partial charge in [-0.1, -0.05) is 0 Å². The molecule has 1 aliphatic carbocycles. The van der Waals surface area contributed by atoms with Crippen LogP contribution in [0.4, 0.5) is 4.79 Å². The zero-order chi connectivity index (χ0) is 9.54. The third kappa shape index (κ3) is 1.18. The van der Waals surface area contributed by atoms with Crippen molar-refractivity contribution in [3.8, 4) is 0 Å². The van der Waals surface area contributed by atoms with Crippen LogP contribution in [-0.2, 0) is 4.74 Å². The van der Waals surface area contributed by atoms with Crippen LogP contribution in [0.2, 0.25) is 0 Å². The molecule has 3 rings (SSSR count). The molecule has 1 aromatic heterocycles. The van der Waals surface area contributed by atoms with E-state index in [-0.39, 0.29) is 12.2 Å². The van der Waals surface area contributed by atoms with Crippen molar-refractivity contribution in [1.29, 1.82) is 0 Å². The van der Waals surface area contributed by atoms with E-state index >= 15 is 0 Å². The van der Waals surface area contributed by atoms with Crippen molar-refractivity contribution in [1.82, 2.24) is 4.90 Å². The number of amides is 1. The van der Waals surface area contributed by atoms with Gasteiger partial charge in [-0.15, -0.1) is 0 Å². The van der Waals surface area contributed by atoms with Gasteiger partial charge in [-0.25, -0.2) is 4.79 Å². The molecule has 1 unspecified atom stereocenters. The average Bonchev–Trinajstić information content (AvgIpc) is 2.75. The largest absolute Gasteiger partial charge is 0.465 e. The van der Waals surface area contributed by atoms with Gasteiger partial charge >= 0.3 is 6.09 Å². The fraction of sp³-hybridized carbons (Fsp3) is 0.500. The highest BCUT2D eigenvalue weighted by molar-refractivity contribution is 5.70. The molecule has 1 atom stereocenters. The first-order chi connectivity index (χ1) is 6.84. The van der Waals surface area contributed by atoms with Gasteiger partial charge in [0.2, 0.25) is 0 Å². The molecule has 14 heavy (non-hydrogen) atoms. The molecule has 74 valence electrons. The van der Waals surface area contributed by atoms with Crippen LogP contribution in [-0.4, -0.2) is 23.6 Å². The van der Waals surface area contributed by atoms with Gasteiger partial charge in [-0.05, 0) is 25.0 Å². The van der Waals surface area contributed by atoms with Gasteiger partial charge in [0.15, 0.2) is 6.10 Å². The summed E-state index contributed by atoms with van der Waals surface area (Å²) in [6, 6.07) is 4.07. The Morgan fingerprint density at radius 1 is 1.43 bits per heavy atom. The van der Waals surface area contributed by atoms with Crippen LogP contribution < -0.4 is 0 Å². The van der Waals surface area contributed by atoms with Crippen molar-refractivity contribution in [2.45, 2.75) is 25.0 Å². The second kappa shape index (κ2) is 2.77. The van der Waals surface area contributed by atoms with Crippen LogP contribution in [0.15, 0.2) is 22.8 Å². The second-order valence-corrected chi connectivity index (χ2v) is 3.77. The number of carbonyl (C=O) groups is 1. The quantitative estimate of drug-likeness (QED) is 0.720. The SMILES string of the molecule is O=C1OC(c2ccco2)CN1C1CC1. The third-order valence-electron chi connectivity index (χ3n) is 2.69. The van der Waals surface area contributed by atoms with E-state index in [9.17, 15) is 4.79 Å². The van der Waals surface area contributed by atoms with E-state index in [4.69, 9.17) is 9.15 Å². The van der Waals surface area contributed by atoms with Crippen LogP contribution in [0.1, 0.15) is 24.7 Å². The molecule has 0 aromatic carbocycles. The fourth-order valence-corrected chi connectivity index (χ4v) is 1.79. The summed E-state index contributed by atoms with van der Waals surface area (Å²) < 4.78 is 10.4. The summed E-state index contributed by atoms with van der Waals surface area (Å²) >= 11 is 0. The Labute approximate surface area is 81.4 Å². The van der Waals surface area contributed by atoms with Gasteiger partial charge in [0.05, 0.1) is 12.8 Å². The molecule has 2 heterocycles. The lowest BCUT2D eigenvalue weighted by Crippen LogP contribution is -2.26. The summed E-state index contributed by atoms with van der Waals surface area (Å²) in [7, 11) is 0. The molecule has 0 spiro atoms. The standard InChI is InChI=1S/C10H11NO3/c12-10-11(7-3-4-7)6-9(14-10)8-2-1-5-13-8/h1-2,5,7,9H,3-4,6H2. The van der Waals surface area contributed by atoms with Crippen molar-refractivity contribution in [2.75, 3.05) is 6.54 Å². The van der Waals surface area contributed by atoms with Crippen molar-refractivity contribution in [3.63, 3.8) is 0 Å². The van der Waals surface area contributed by atoms with Crippen LogP contribution in [0.25, 0.3) is 0 Å². The Morgan fingerprint density at radius 3 is 2.93 bits per heavy atom. The number of rotatable bonds is 2. The molecule has 1 amide bonds. The Hall–Kier alpha value is -1.45. The van der Waals surface area contributed by atoms with Gasteiger partial charge in [-0.2, -0.15) is 0 Å². The number of hydrogen-bond acceptors (Lipinski definition) is 3. The number of ether oxygens (including phenoxy) is 1. The monoisotopic (exact) mass is 193 g/mol. The van der Waals surface area contributed by atoms with Crippen molar-refractivity contribution >= 4 is 6.09 Å². The van der Waals surface area contributed by atoms with Crippen molar-refractivity contribution in [3.05, 3.63) is 24.2 Å². The molecule has 4 nitrogen and oxygen atoms in total. The van der Waals surface area contributed by atoms with Gasteiger partial charge < -0.3 is 14.1 Å². The maximum atomic E-state index is 11.4. The van der Waals surface area contributed by atoms with Gasteiger partial charge in [0, 0.05) is 6.04 Å². The Kier molecular flexibility index (Phi) is 1.56. The highest BCUT2D eigenvalue weighted by Gasteiger charge is 2.42. The van der Waals surface area contributed by atoms with Gasteiger partial charge in [0.25, 0.3) is 0 Å². The minimum Gasteiger partial charge on any atom is -0.465 e. The van der Waals surface area contributed by atoms with Crippen LogP contribution in [0.5, 0.6) is 0 Å². The Balaban J connectivity index is 1.76. The number of cyclic esters (lactones) is 1. The first-order valence-electron chi connectivity index (χ1n) is 4.85. The molecule has 2 fully saturated rings. The normalized spacial score (nSPS) is 26.7. The summed E-state index contributed by atoms with van der Waals surface area (Å²) in [5.74, 6) is 0.738. The first-order valence-corrected chi connectivity index (χ1v) is 4.85. The highest BCUT2D eigenvalue weighted by atomic mass is 16.6. The maximum Gasteiger partial charge on any atom is 0.410 e. The number of nitrogens with zero attached hydrogens (tertiary/aromatic N) is 1.